The van der Waals surface area contributed by atoms with Crippen molar-refractivity contribution < 1.29 is 33.7 Å². The van der Waals surface area contributed by atoms with Crippen LogP contribution < -0.4 is 10.1 Å². The van der Waals surface area contributed by atoms with Crippen LogP contribution >= 0.6 is 11.3 Å². The number of aromatic hydroxyl groups is 1. The van der Waals surface area contributed by atoms with Crippen LogP contribution in [-0.2, 0) is 23.9 Å². The van der Waals surface area contributed by atoms with E-state index in [0.717, 1.165) is 4.88 Å². The van der Waals surface area contributed by atoms with E-state index >= 15 is 0 Å². The zero-order valence-electron chi connectivity index (χ0n) is 19.2. The summed E-state index contributed by atoms with van der Waals surface area (Å²) in [7, 11) is 3.95. The molecule has 0 saturated carbocycles. The third-order valence-electron chi connectivity index (χ3n) is 6.33. The summed E-state index contributed by atoms with van der Waals surface area (Å²) in [5.74, 6) is -3.78. The number of allylic oxidation sites excluding steroid dienone is 3. The monoisotopic (exact) mass is 483 g/mol. The minimum atomic E-state index is -1.05. The van der Waals surface area contributed by atoms with Crippen molar-refractivity contribution in [3.05, 3.63) is 68.7 Å². The first-order valence-corrected chi connectivity index (χ1v) is 11.5. The maximum atomic E-state index is 14.0. The Morgan fingerprint density at radius 3 is 2.53 bits per heavy atom. The van der Waals surface area contributed by atoms with Crippen molar-refractivity contribution in [2.75, 3.05) is 21.3 Å². The van der Waals surface area contributed by atoms with Crippen molar-refractivity contribution in [1.29, 1.82) is 0 Å². The van der Waals surface area contributed by atoms with Crippen molar-refractivity contribution in [3.63, 3.8) is 0 Å². The normalized spacial score (nSPS) is 22.1. The summed E-state index contributed by atoms with van der Waals surface area (Å²) in [5.41, 5.74) is 2.31. The van der Waals surface area contributed by atoms with E-state index in [1.54, 1.807) is 19.1 Å². The molecule has 2 aliphatic rings. The van der Waals surface area contributed by atoms with Gasteiger partial charge in [-0.25, -0.2) is 4.79 Å². The number of methoxy groups -OCH3 is 3. The summed E-state index contributed by atoms with van der Waals surface area (Å²) < 4.78 is 15.3. The average Bonchev–Trinajstić information content (AvgIpc) is 3.37. The number of phenolic OH excluding ortho intramolecular Hbond substituents is 1. The van der Waals surface area contributed by atoms with Crippen molar-refractivity contribution >= 4 is 29.1 Å². The van der Waals surface area contributed by atoms with Crippen LogP contribution in [0.1, 0.15) is 35.6 Å². The SMILES string of the molecule is COC(=O)C1=C(C)NC2=C(C(=O)[C@H](C(=O)OC)[C@H](c3cccs3)C2)[C@H]1c1ccc(O)c(OC)c1. The van der Waals surface area contributed by atoms with E-state index in [1.165, 1.54) is 38.7 Å². The molecule has 1 aromatic carbocycles. The summed E-state index contributed by atoms with van der Waals surface area (Å²) >= 11 is 1.48. The molecule has 4 rings (SSSR count). The Labute approximate surface area is 200 Å². The van der Waals surface area contributed by atoms with Gasteiger partial charge in [-0.2, -0.15) is 0 Å². The molecule has 3 atom stereocenters. The molecule has 1 aliphatic carbocycles. The molecule has 0 saturated heterocycles. The van der Waals surface area contributed by atoms with Gasteiger partial charge >= 0.3 is 11.9 Å². The zero-order chi connectivity index (χ0) is 24.6. The fourth-order valence-corrected chi connectivity index (χ4v) is 5.66. The Morgan fingerprint density at radius 1 is 1.15 bits per heavy atom. The predicted octanol–water partition coefficient (Wildman–Crippen LogP) is 3.40. The Balaban J connectivity index is 1.93. The third kappa shape index (κ3) is 3.86. The Hall–Kier alpha value is -3.59. The molecule has 1 aliphatic heterocycles. The summed E-state index contributed by atoms with van der Waals surface area (Å²) in [4.78, 5) is 40.6. The molecule has 178 valence electrons. The average molecular weight is 484 g/mol. The number of phenols is 1. The molecule has 9 heteroatoms. The number of hydrogen-bond acceptors (Lipinski definition) is 9. The van der Waals surface area contributed by atoms with Gasteiger partial charge in [-0.3, -0.25) is 9.59 Å². The third-order valence-corrected chi connectivity index (χ3v) is 7.33. The summed E-state index contributed by atoms with van der Waals surface area (Å²) in [5, 5.41) is 15.2. The van der Waals surface area contributed by atoms with E-state index < -0.39 is 35.5 Å². The quantitative estimate of drug-likeness (QED) is 0.492. The van der Waals surface area contributed by atoms with E-state index in [4.69, 9.17) is 14.2 Å². The largest absolute Gasteiger partial charge is 0.504 e. The highest BCUT2D eigenvalue weighted by molar-refractivity contribution is 7.10. The molecule has 0 bridgehead atoms. The lowest BCUT2D eigenvalue weighted by molar-refractivity contribution is -0.149. The van der Waals surface area contributed by atoms with Gasteiger partial charge < -0.3 is 24.6 Å². The van der Waals surface area contributed by atoms with Crippen LogP contribution in [-0.4, -0.2) is 44.2 Å². The Kier molecular flexibility index (Phi) is 6.47. The highest BCUT2D eigenvalue weighted by Gasteiger charge is 2.49. The fourth-order valence-electron chi connectivity index (χ4n) is 4.79. The maximum Gasteiger partial charge on any atom is 0.336 e. The second-order valence-corrected chi connectivity index (χ2v) is 9.08. The zero-order valence-corrected chi connectivity index (χ0v) is 20.0. The lowest BCUT2D eigenvalue weighted by atomic mass is 9.68. The van der Waals surface area contributed by atoms with Crippen LogP contribution in [0.2, 0.25) is 0 Å². The number of thiophene rings is 1. The van der Waals surface area contributed by atoms with Gasteiger partial charge in [-0.05, 0) is 42.5 Å². The molecule has 2 N–H and O–H groups in total. The number of esters is 2. The maximum absolute atomic E-state index is 14.0. The van der Waals surface area contributed by atoms with Gasteiger partial charge in [0, 0.05) is 33.7 Å². The van der Waals surface area contributed by atoms with Crippen molar-refractivity contribution in [2.24, 2.45) is 5.92 Å². The molecule has 0 fully saturated rings. The van der Waals surface area contributed by atoms with Crippen LogP contribution in [0, 0.1) is 5.92 Å². The van der Waals surface area contributed by atoms with E-state index in [0.29, 0.717) is 29.0 Å². The predicted molar refractivity (Wildman–Crippen MR) is 124 cm³/mol. The second kappa shape index (κ2) is 9.34. The van der Waals surface area contributed by atoms with E-state index in [1.807, 2.05) is 17.5 Å². The van der Waals surface area contributed by atoms with Gasteiger partial charge in [0.2, 0.25) is 0 Å². The van der Waals surface area contributed by atoms with Gasteiger partial charge in [0.05, 0.1) is 26.9 Å². The first kappa shape index (κ1) is 23.6. The van der Waals surface area contributed by atoms with Gasteiger partial charge in [0.15, 0.2) is 17.3 Å². The van der Waals surface area contributed by atoms with Crippen molar-refractivity contribution in [3.8, 4) is 11.5 Å². The highest BCUT2D eigenvalue weighted by atomic mass is 32.1. The highest BCUT2D eigenvalue weighted by Crippen LogP contribution is 2.49. The molecule has 0 spiro atoms. The van der Waals surface area contributed by atoms with Gasteiger partial charge in [0.25, 0.3) is 0 Å². The lowest BCUT2D eigenvalue weighted by Crippen LogP contribution is -2.43. The minimum Gasteiger partial charge on any atom is -0.504 e. The van der Waals surface area contributed by atoms with Gasteiger partial charge in [0.1, 0.15) is 5.92 Å². The van der Waals surface area contributed by atoms with E-state index in [-0.39, 0.29) is 17.1 Å². The van der Waals surface area contributed by atoms with Gasteiger partial charge in [-0.1, -0.05) is 12.1 Å². The number of ether oxygens (including phenoxy) is 3. The van der Waals surface area contributed by atoms with E-state index in [9.17, 15) is 19.5 Å². The first-order valence-electron chi connectivity index (χ1n) is 10.6. The van der Waals surface area contributed by atoms with Crippen LogP contribution in [0.5, 0.6) is 11.5 Å². The Morgan fingerprint density at radius 2 is 1.91 bits per heavy atom. The molecular formula is C25H25NO7S. The molecular weight excluding hydrogens is 458 g/mol. The number of ketones is 1. The second-order valence-electron chi connectivity index (χ2n) is 8.10. The number of rotatable bonds is 5. The van der Waals surface area contributed by atoms with Gasteiger partial charge in [-0.15, -0.1) is 11.3 Å². The van der Waals surface area contributed by atoms with E-state index in [2.05, 4.69) is 5.32 Å². The standard InChI is InChI=1S/C25H25NO7S/c1-12-19(24(29)32-3)20(13-7-8-16(27)17(10-13)31-2)22-15(26-12)11-14(18-6-5-9-34-18)21(23(22)28)25(30)33-4/h5-10,14,20-21,26-27H,11H2,1-4H3/t14-,20-,21+/m0/s1. The number of dihydropyridines is 1. The molecule has 0 amide bonds. The van der Waals surface area contributed by atoms with Crippen LogP contribution in [0.4, 0.5) is 0 Å². The number of nitrogens with one attached hydrogen (secondary N) is 1. The number of Topliss-reactive ketones (excluding diaryl/α,β-unsaturated/α-hetero) is 1. The minimum absolute atomic E-state index is 0.0742. The van der Waals surface area contributed by atoms with Crippen LogP contribution in [0.25, 0.3) is 0 Å². The molecule has 1 aromatic heterocycles. The lowest BCUT2D eigenvalue weighted by Gasteiger charge is -2.39. The summed E-state index contributed by atoms with van der Waals surface area (Å²) in [6, 6.07) is 8.43. The molecule has 34 heavy (non-hydrogen) atoms. The smallest absolute Gasteiger partial charge is 0.336 e. The Bertz CT molecular complexity index is 1210. The molecule has 8 nitrogen and oxygen atoms in total. The van der Waals surface area contributed by atoms with Crippen LogP contribution in [0.3, 0.4) is 0 Å². The number of carbonyl (C=O) groups excluding carboxylic acids is 3. The molecule has 2 heterocycles. The molecule has 0 radical (unpaired) electrons. The first-order chi connectivity index (χ1) is 16.3. The fraction of sp³-hybridized carbons (Fsp3) is 0.320. The number of carbonyl (C=O) groups is 3. The van der Waals surface area contributed by atoms with Crippen molar-refractivity contribution in [2.45, 2.75) is 25.2 Å². The molecule has 0 unspecified atom stereocenters. The van der Waals surface area contributed by atoms with Crippen LogP contribution in [0.15, 0.2) is 58.3 Å². The number of benzene rings is 1. The van der Waals surface area contributed by atoms with Crippen molar-refractivity contribution in [1.82, 2.24) is 5.32 Å². The summed E-state index contributed by atoms with van der Waals surface area (Å²) in [6.07, 6.45) is 0.388. The summed E-state index contributed by atoms with van der Waals surface area (Å²) in [6.45, 7) is 1.75. The number of hydrogen-bond donors (Lipinski definition) is 2. The molecule has 2 aromatic rings. The topological polar surface area (TPSA) is 111 Å².